The van der Waals surface area contributed by atoms with E-state index in [0.717, 1.165) is 68.6 Å². The van der Waals surface area contributed by atoms with Crippen LogP contribution in [-0.4, -0.2) is 77.9 Å². The van der Waals surface area contributed by atoms with Gasteiger partial charge in [0.25, 0.3) is 11.8 Å². The molecule has 3 heterocycles. The van der Waals surface area contributed by atoms with E-state index in [9.17, 15) is 14.4 Å². The number of aryl methyl sites for hydroxylation is 1. The first-order chi connectivity index (χ1) is 20.8. The number of amides is 3. The molecule has 1 aromatic heterocycles. The maximum absolute atomic E-state index is 13.2. The zero-order chi connectivity index (χ0) is 30.3. The first-order valence-electron chi connectivity index (χ1n) is 15.2. The molecule has 2 aliphatic rings. The minimum atomic E-state index is -0.271. The third-order valence-electron chi connectivity index (χ3n) is 8.37. The molecule has 9 nitrogen and oxygen atoms in total. The highest BCUT2D eigenvalue weighted by molar-refractivity contribution is 7.14. The molecule has 2 aromatic carbocycles. The summed E-state index contributed by atoms with van der Waals surface area (Å²) in [4.78, 5) is 46.6. The molecule has 2 N–H and O–H groups in total. The van der Waals surface area contributed by atoms with E-state index in [-0.39, 0.29) is 23.8 Å². The van der Waals surface area contributed by atoms with Gasteiger partial charge < -0.3 is 15.0 Å². The zero-order valence-electron chi connectivity index (χ0n) is 25.2. The van der Waals surface area contributed by atoms with Crippen LogP contribution in [0.2, 0.25) is 0 Å². The van der Waals surface area contributed by atoms with Crippen molar-refractivity contribution >= 4 is 34.2 Å². The predicted octanol–water partition coefficient (Wildman–Crippen LogP) is 5.23. The van der Waals surface area contributed by atoms with Crippen LogP contribution in [0.5, 0.6) is 5.75 Å². The third kappa shape index (κ3) is 7.61. The lowest BCUT2D eigenvalue weighted by Crippen LogP contribution is -2.47. The first kappa shape index (κ1) is 30.7. The van der Waals surface area contributed by atoms with E-state index >= 15 is 0 Å². The topological polar surface area (TPSA) is 104 Å². The van der Waals surface area contributed by atoms with Crippen molar-refractivity contribution in [3.05, 3.63) is 64.5 Å². The maximum atomic E-state index is 13.2. The summed E-state index contributed by atoms with van der Waals surface area (Å²) in [6.07, 6.45) is 6.06. The summed E-state index contributed by atoms with van der Waals surface area (Å²) in [6.45, 7) is 7.00. The van der Waals surface area contributed by atoms with Crippen LogP contribution in [0.25, 0.3) is 11.3 Å². The number of unbranched alkanes of at least 4 members (excludes halogenated alkanes) is 1. The smallest absolute Gasteiger partial charge is 0.257 e. The van der Waals surface area contributed by atoms with Crippen molar-refractivity contribution < 1.29 is 19.1 Å². The monoisotopic (exact) mass is 603 g/mol. The Balaban J connectivity index is 1.15. The number of hydrogen-bond acceptors (Lipinski definition) is 7. The summed E-state index contributed by atoms with van der Waals surface area (Å²) < 4.78 is 5.57. The Hall–Kier alpha value is -3.76. The van der Waals surface area contributed by atoms with Crippen molar-refractivity contribution in [2.45, 2.75) is 64.5 Å². The number of thiazole rings is 1. The number of rotatable bonds is 10. The average molecular weight is 604 g/mol. The molecule has 10 heteroatoms. The zero-order valence-corrected chi connectivity index (χ0v) is 26.0. The molecule has 0 radical (unpaired) electrons. The number of hydrogen-bond donors (Lipinski definition) is 2. The van der Waals surface area contributed by atoms with E-state index in [1.807, 2.05) is 16.3 Å². The molecule has 0 bridgehead atoms. The van der Waals surface area contributed by atoms with Gasteiger partial charge in [-0.05, 0) is 74.1 Å². The van der Waals surface area contributed by atoms with Gasteiger partial charge in [0.05, 0.1) is 12.8 Å². The van der Waals surface area contributed by atoms with Crippen LogP contribution in [0.1, 0.15) is 72.2 Å². The quantitative estimate of drug-likeness (QED) is 0.329. The molecule has 3 amide bonds. The minimum absolute atomic E-state index is 0.0115. The summed E-state index contributed by atoms with van der Waals surface area (Å²) in [6, 6.07) is 13.7. The second kappa shape index (κ2) is 14.1. The van der Waals surface area contributed by atoms with E-state index < -0.39 is 0 Å². The summed E-state index contributed by atoms with van der Waals surface area (Å²) in [5.74, 6) is 0.489. The van der Waals surface area contributed by atoms with Gasteiger partial charge in [0.2, 0.25) is 5.91 Å². The van der Waals surface area contributed by atoms with Crippen molar-refractivity contribution in [1.29, 1.82) is 0 Å². The third-order valence-corrected chi connectivity index (χ3v) is 9.13. The molecule has 1 atom stereocenters. The lowest BCUT2D eigenvalue weighted by atomic mass is 10.0. The Morgan fingerprint density at radius 3 is 2.47 bits per heavy atom. The number of likely N-dealkylation sites (tertiary alicyclic amines) is 2. The molecule has 0 aliphatic carbocycles. The maximum Gasteiger partial charge on any atom is 0.257 e. The Labute approximate surface area is 257 Å². The standard InChI is InChI=1S/C33H41N5O4S/c1-4-5-6-23-7-12-30(42-3)28(19-23)29-21-43-33(35-29)36-31(40)24-8-10-25(11-9-24)32(41)37-17-14-27(15-18-37)38-16-13-26(20-38)34-22(2)39/h7-12,19,21,26-27H,4-6,13-18,20H2,1-3H3,(H,34,39)(H,35,36,40)/t26-/m0/s1. The number of piperidine rings is 1. The summed E-state index contributed by atoms with van der Waals surface area (Å²) in [5.41, 5.74) is 3.95. The van der Waals surface area contributed by atoms with Crippen LogP contribution in [0, 0.1) is 0 Å². The number of anilines is 1. The fraction of sp³-hybridized carbons (Fsp3) is 0.455. The summed E-state index contributed by atoms with van der Waals surface area (Å²) in [7, 11) is 1.65. The first-order valence-corrected chi connectivity index (χ1v) is 16.1. The molecule has 3 aromatic rings. The summed E-state index contributed by atoms with van der Waals surface area (Å²) >= 11 is 1.37. The van der Waals surface area contributed by atoms with Crippen LogP contribution in [-0.2, 0) is 11.2 Å². The molecule has 2 aliphatic heterocycles. The Bertz CT molecular complexity index is 1430. The summed E-state index contributed by atoms with van der Waals surface area (Å²) in [5, 5.41) is 8.35. The number of aromatic nitrogens is 1. The molecule has 43 heavy (non-hydrogen) atoms. The van der Waals surface area contributed by atoms with Gasteiger partial charge in [0.1, 0.15) is 5.75 Å². The highest BCUT2D eigenvalue weighted by Gasteiger charge is 2.32. The highest BCUT2D eigenvalue weighted by Crippen LogP contribution is 2.33. The molecule has 2 saturated heterocycles. The number of carbonyl (C=O) groups is 3. The van der Waals surface area contributed by atoms with E-state index in [2.05, 4.69) is 39.6 Å². The van der Waals surface area contributed by atoms with Crippen LogP contribution >= 0.6 is 11.3 Å². The van der Waals surface area contributed by atoms with E-state index in [1.165, 1.54) is 16.9 Å². The van der Waals surface area contributed by atoms with Crippen molar-refractivity contribution in [3.8, 4) is 17.0 Å². The van der Waals surface area contributed by atoms with Gasteiger partial charge in [-0.3, -0.25) is 24.6 Å². The van der Waals surface area contributed by atoms with Gasteiger partial charge >= 0.3 is 0 Å². The largest absolute Gasteiger partial charge is 0.496 e. The number of nitrogens with one attached hydrogen (secondary N) is 2. The van der Waals surface area contributed by atoms with E-state index in [4.69, 9.17) is 4.74 Å². The fourth-order valence-corrected chi connectivity index (χ4v) is 6.73. The van der Waals surface area contributed by atoms with Gasteiger partial charge in [-0.1, -0.05) is 19.4 Å². The second-order valence-electron chi connectivity index (χ2n) is 11.4. The SMILES string of the molecule is CCCCc1ccc(OC)c(-c2csc(NC(=O)c3ccc(C(=O)N4CCC(N5CC[C@H](NC(C)=O)C5)CC4)cc3)n2)c1. The molecule has 0 saturated carbocycles. The van der Waals surface area contributed by atoms with Gasteiger partial charge in [-0.25, -0.2) is 4.98 Å². The van der Waals surface area contributed by atoms with Crippen LogP contribution in [0.4, 0.5) is 5.13 Å². The van der Waals surface area contributed by atoms with Gasteiger partial charge in [-0.2, -0.15) is 0 Å². The fourth-order valence-electron chi connectivity index (χ4n) is 6.02. The van der Waals surface area contributed by atoms with Gasteiger partial charge in [-0.15, -0.1) is 11.3 Å². The van der Waals surface area contributed by atoms with Crippen LogP contribution < -0.4 is 15.4 Å². The molecular formula is C33H41N5O4S. The molecule has 0 spiro atoms. The number of nitrogens with zero attached hydrogens (tertiary/aromatic N) is 3. The lowest BCUT2D eigenvalue weighted by Gasteiger charge is -2.36. The van der Waals surface area contributed by atoms with E-state index in [0.29, 0.717) is 35.4 Å². The number of benzene rings is 2. The molecule has 0 unspecified atom stereocenters. The van der Waals surface area contributed by atoms with Gasteiger partial charge in [0.15, 0.2) is 5.13 Å². The molecule has 2 fully saturated rings. The van der Waals surface area contributed by atoms with Gasteiger partial charge in [0, 0.05) is 67.3 Å². The minimum Gasteiger partial charge on any atom is -0.496 e. The predicted molar refractivity (Wildman–Crippen MR) is 170 cm³/mol. The highest BCUT2D eigenvalue weighted by atomic mass is 32.1. The Morgan fingerprint density at radius 1 is 1.02 bits per heavy atom. The van der Waals surface area contributed by atoms with Crippen molar-refractivity contribution in [1.82, 2.24) is 20.1 Å². The van der Waals surface area contributed by atoms with Crippen molar-refractivity contribution in [2.75, 3.05) is 38.6 Å². The molecule has 228 valence electrons. The van der Waals surface area contributed by atoms with Crippen LogP contribution in [0.3, 0.4) is 0 Å². The number of methoxy groups -OCH3 is 1. The Morgan fingerprint density at radius 2 is 1.77 bits per heavy atom. The normalized spacial score (nSPS) is 17.6. The van der Waals surface area contributed by atoms with E-state index in [1.54, 1.807) is 38.3 Å². The number of ether oxygens (including phenoxy) is 1. The Kier molecular flexibility index (Phi) is 10.1. The van der Waals surface area contributed by atoms with Crippen molar-refractivity contribution in [3.63, 3.8) is 0 Å². The van der Waals surface area contributed by atoms with Crippen LogP contribution in [0.15, 0.2) is 47.8 Å². The van der Waals surface area contributed by atoms with Crippen molar-refractivity contribution in [2.24, 2.45) is 0 Å². The average Bonchev–Trinajstić information content (AvgIpc) is 3.69. The lowest BCUT2D eigenvalue weighted by molar-refractivity contribution is -0.119. The second-order valence-corrected chi connectivity index (χ2v) is 12.3. The molecular weight excluding hydrogens is 562 g/mol. The molecule has 5 rings (SSSR count). The number of carbonyl (C=O) groups excluding carboxylic acids is 3.